The zero-order chi connectivity index (χ0) is 25.4. The maximum Gasteiger partial charge on any atom is 0.246 e. The Hall–Kier alpha value is -5.26. The lowest BCUT2D eigenvalue weighted by molar-refractivity contribution is -0.116. The molecule has 2 aromatic heterocycles. The van der Waals surface area contributed by atoms with Crippen molar-refractivity contribution in [3.8, 4) is 28.7 Å². The van der Waals surface area contributed by atoms with Crippen LogP contribution < -0.4 is 15.5 Å². The highest BCUT2D eigenvalue weighted by molar-refractivity contribution is 5.94. The number of amides is 1. The third kappa shape index (κ3) is 4.42. The molecule has 12 nitrogen and oxygen atoms in total. The van der Waals surface area contributed by atoms with Crippen molar-refractivity contribution in [1.29, 1.82) is 0 Å². The van der Waals surface area contributed by atoms with E-state index in [1.165, 1.54) is 59.4 Å². The normalized spacial score (nSPS) is 11.1. The highest BCUT2D eigenvalue weighted by atomic mass is 16.5. The molecule has 5 N–H and O–H groups in total. The summed E-state index contributed by atoms with van der Waals surface area (Å²) in [5.41, 5.74) is 0.472. The van der Waals surface area contributed by atoms with Gasteiger partial charge in [0.15, 0.2) is 11.5 Å². The molecule has 12 heteroatoms. The summed E-state index contributed by atoms with van der Waals surface area (Å²) in [4.78, 5) is 24.9. The zero-order valence-electron chi connectivity index (χ0n) is 18.4. The number of carbonyl (C=O) groups is 1. The van der Waals surface area contributed by atoms with Gasteiger partial charge in [-0.25, -0.2) is 4.68 Å². The van der Waals surface area contributed by atoms with E-state index in [0.29, 0.717) is 11.4 Å². The fourth-order valence-electron chi connectivity index (χ4n) is 3.59. The molecule has 0 aliphatic heterocycles. The number of nitrogens with one attached hydrogen (secondary N) is 1. The molecule has 0 radical (unpaired) electrons. The second-order valence-electron chi connectivity index (χ2n) is 7.87. The molecule has 0 saturated carbocycles. The quantitative estimate of drug-likeness (QED) is 0.135. The number of nitrogens with zero attached hydrogens (tertiary/aromatic N) is 3. The van der Waals surface area contributed by atoms with Crippen LogP contribution in [-0.4, -0.2) is 41.3 Å². The Morgan fingerprint density at radius 3 is 2.61 bits per heavy atom. The van der Waals surface area contributed by atoms with Gasteiger partial charge in [-0.05, 0) is 24.3 Å². The summed E-state index contributed by atoms with van der Waals surface area (Å²) in [5, 5.41) is 49.5. The second kappa shape index (κ2) is 8.83. The SMILES string of the molecule is O=C(Cn1cc(COc2cc(O)c3c(=O)c4ccc(O)cc4oc3c2)nn1)Nc1ccc(O)c(O)c1. The van der Waals surface area contributed by atoms with E-state index in [1.54, 1.807) is 0 Å². The fourth-order valence-corrected chi connectivity index (χ4v) is 3.59. The Bertz CT molecular complexity index is 1690. The van der Waals surface area contributed by atoms with E-state index in [0.717, 1.165) is 0 Å². The first kappa shape index (κ1) is 22.5. The summed E-state index contributed by atoms with van der Waals surface area (Å²) in [5.74, 6) is -1.31. The van der Waals surface area contributed by atoms with Crippen molar-refractivity contribution in [2.45, 2.75) is 13.2 Å². The molecule has 0 aliphatic carbocycles. The summed E-state index contributed by atoms with van der Waals surface area (Å²) in [7, 11) is 0. The van der Waals surface area contributed by atoms with Gasteiger partial charge in [-0.2, -0.15) is 0 Å². The molecule has 182 valence electrons. The van der Waals surface area contributed by atoms with Crippen LogP contribution in [0.5, 0.6) is 28.7 Å². The van der Waals surface area contributed by atoms with E-state index in [-0.39, 0.29) is 63.8 Å². The van der Waals surface area contributed by atoms with Crippen LogP contribution in [0.15, 0.2) is 63.9 Å². The van der Waals surface area contributed by atoms with Gasteiger partial charge in [0.25, 0.3) is 0 Å². The number of hydrogen-bond donors (Lipinski definition) is 5. The minimum Gasteiger partial charge on any atom is -0.508 e. The number of rotatable bonds is 6. The van der Waals surface area contributed by atoms with E-state index in [2.05, 4.69) is 15.6 Å². The molecule has 0 bridgehead atoms. The van der Waals surface area contributed by atoms with Gasteiger partial charge in [-0.3, -0.25) is 9.59 Å². The average molecular weight is 490 g/mol. The number of aromatic nitrogens is 3. The van der Waals surface area contributed by atoms with Gasteiger partial charge in [0.1, 0.15) is 52.6 Å². The van der Waals surface area contributed by atoms with Gasteiger partial charge < -0.3 is 34.9 Å². The standard InChI is InChI=1S/C24H18N4O8/c29-14-2-3-16-20(6-14)36-21-8-15(7-19(32)23(21)24(16)34)35-11-13-9-28(27-26-13)10-22(33)25-12-1-4-17(30)18(31)5-12/h1-9,29-32H,10-11H2,(H,25,33). The van der Waals surface area contributed by atoms with Crippen LogP contribution >= 0.6 is 0 Å². The highest BCUT2D eigenvalue weighted by Crippen LogP contribution is 2.32. The first-order valence-corrected chi connectivity index (χ1v) is 10.5. The number of hydrogen-bond acceptors (Lipinski definition) is 10. The van der Waals surface area contributed by atoms with Crippen molar-refractivity contribution in [2.24, 2.45) is 0 Å². The first-order chi connectivity index (χ1) is 17.3. The molecule has 0 unspecified atom stereocenters. The van der Waals surface area contributed by atoms with Crippen LogP contribution in [0.3, 0.4) is 0 Å². The predicted molar refractivity (Wildman–Crippen MR) is 126 cm³/mol. The Labute approximate surface area is 201 Å². The minimum absolute atomic E-state index is 0.0144. The largest absolute Gasteiger partial charge is 0.508 e. The van der Waals surface area contributed by atoms with Crippen LogP contribution in [0, 0.1) is 0 Å². The molecule has 0 aliphatic rings. The van der Waals surface area contributed by atoms with Gasteiger partial charge in [0.2, 0.25) is 11.3 Å². The smallest absolute Gasteiger partial charge is 0.246 e. The molecular weight excluding hydrogens is 472 g/mol. The van der Waals surface area contributed by atoms with Crippen molar-refractivity contribution in [2.75, 3.05) is 5.32 Å². The number of anilines is 1. The molecule has 2 heterocycles. The van der Waals surface area contributed by atoms with Crippen LogP contribution in [-0.2, 0) is 17.9 Å². The second-order valence-corrected chi connectivity index (χ2v) is 7.87. The fraction of sp³-hybridized carbons (Fsp3) is 0.0833. The Morgan fingerprint density at radius 2 is 1.81 bits per heavy atom. The summed E-state index contributed by atoms with van der Waals surface area (Å²) in [6.07, 6.45) is 1.49. The first-order valence-electron chi connectivity index (χ1n) is 10.5. The molecule has 0 spiro atoms. The van der Waals surface area contributed by atoms with Crippen molar-refractivity contribution in [3.05, 3.63) is 70.6 Å². The number of phenolic OH excluding ortho intramolecular Hbond substituents is 4. The van der Waals surface area contributed by atoms with Gasteiger partial charge in [-0.15, -0.1) is 5.10 Å². The van der Waals surface area contributed by atoms with Crippen molar-refractivity contribution >= 4 is 33.5 Å². The van der Waals surface area contributed by atoms with E-state index in [4.69, 9.17) is 9.15 Å². The van der Waals surface area contributed by atoms with Crippen LogP contribution in [0.4, 0.5) is 5.69 Å². The number of benzene rings is 3. The Morgan fingerprint density at radius 1 is 0.972 bits per heavy atom. The topological polar surface area (TPSA) is 180 Å². The lowest BCUT2D eigenvalue weighted by Gasteiger charge is -2.08. The molecule has 1 amide bonds. The minimum atomic E-state index is -0.445. The summed E-state index contributed by atoms with van der Waals surface area (Å²) < 4.78 is 12.6. The summed E-state index contributed by atoms with van der Waals surface area (Å²) in [6.45, 7) is -0.229. The van der Waals surface area contributed by atoms with E-state index >= 15 is 0 Å². The Balaban J connectivity index is 1.28. The van der Waals surface area contributed by atoms with Gasteiger partial charge >= 0.3 is 0 Å². The molecular formula is C24H18N4O8. The molecule has 36 heavy (non-hydrogen) atoms. The van der Waals surface area contributed by atoms with Gasteiger partial charge in [0, 0.05) is 30.0 Å². The van der Waals surface area contributed by atoms with E-state index in [1.807, 2.05) is 0 Å². The highest BCUT2D eigenvalue weighted by Gasteiger charge is 2.15. The Kier molecular flexibility index (Phi) is 5.53. The number of aromatic hydroxyl groups is 4. The molecule has 0 atom stereocenters. The third-order valence-corrected chi connectivity index (χ3v) is 5.25. The zero-order valence-corrected chi connectivity index (χ0v) is 18.4. The van der Waals surface area contributed by atoms with E-state index < -0.39 is 11.3 Å². The third-order valence-electron chi connectivity index (χ3n) is 5.25. The average Bonchev–Trinajstić information content (AvgIpc) is 3.26. The van der Waals surface area contributed by atoms with Gasteiger partial charge in [-0.1, -0.05) is 5.21 Å². The van der Waals surface area contributed by atoms with Crippen LogP contribution in [0.25, 0.3) is 21.9 Å². The maximum atomic E-state index is 12.7. The lowest BCUT2D eigenvalue weighted by Crippen LogP contribution is -2.19. The van der Waals surface area contributed by atoms with Crippen molar-refractivity contribution < 1.29 is 34.4 Å². The number of carbonyl (C=O) groups excluding carboxylic acids is 1. The van der Waals surface area contributed by atoms with Crippen molar-refractivity contribution in [1.82, 2.24) is 15.0 Å². The summed E-state index contributed by atoms with van der Waals surface area (Å²) >= 11 is 0. The molecule has 5 aromatic rings. The lowest BCUT2D eigenvalue weighted by atomic mass is 10.1. The van der Waals surface area contributed by atoms with Crippen LogP contribution in [0.2, 0.25) is 0 Å². The molecule has 0 fully saturated rings. The number of phenols is 4. The molecule has 3 aromatic carbocycles. The molecule has 0 saturated heterocycles. The summed E-state index contributed by atoms with van der Waals surface area (Å²) in [6, 6.07) is 10.7. The molecule has 5 rings (SSSR count). The van der Waals surface area contributed by atoms with Crippen LogP contribution in [0.1, 0.15) is 5.69 Å². The number of ether oxygens (including phenoxy) is 1. The predicted octanol–water partition coefficient (Wildman–Crippen LogP) is 2.58. The van der Waals surface area contributed by atoms with Crippen molar-refractivity contribution in [3.63, 3.8) is 0 Å². The monoisotopic (exact) mass is 490 g/mol. The number of fused-ring (bicyclic) bond motifs is 2. The van der Waals surface area contributed by atoms with Gasteiger partial charge in [0.05, 0.1) is 11.6 Å². The maximum absolute atomic E-state index is 12.7. The van der Waals surface area contributed by atoms with E-state index in [9.17, 15) is 30.0 Å².